The second-order valence-electron chi connectivity index (χ2n) is 9.41. The van der Waals surface area contributed by atoms with Crippen LogP contribution in [0.15, 0.2) is 24.5 Å². The average Bonchev–Trinajstić information content (AvgIpc) is 3.34. The van der Waals surface area contributed by atoms with E-state index in [0.717, 1.165) is 23.6 Å². The summed E-state index contributed by atoms with van der Waals surface area (Å²) in [4.78, 5) is 28.4. The molecule has 0 aromatic carbocycles. The first-order valence-corrected chi connectivity index (χ1v) is 11.0. The van der Waals surface area contributed by atoms with Gasteiger partial charge in [-0.25, -0.2) is 19.3 Å². The number of alkyl halides is 3. The van der Waals surface area contributed by atoms with E-state index in [9.17, 15) is 18.0 Å². The van der Waals surface area contributed by atoms with Crippen molar-refractivity contribution in [2.45, 2.75) is 63.9 Å². The molecule has 1 aliphatic carbocycles. The number of nitrogens with two attached hydrogens (primary N) is 1. The highest BCUT2D eigenvalue weighted by molar-refractivity contribution is 5.99. The van der Waals surface area contributed by atoms with Crippen LogP contribution in [0.2, 0.25) is 0 Å². The summed E-state index contributed by atoms with van der Waals surface area (Å²) in [5.74, 6) is 0.00150. The molecule has 184 valence electrons. The number of rotatable bonds is 3. The Hall–Kier alpha value is -3.72. The molecule has 1 saturated carbocycles. The Morgan fingerprint density at radius 2 is 2.00 bits per heavy atom. The molecule has 4 rings (SSSR count). The van der Waals surface area contributed by atoms with Crippen molar-refractivity contribution in [2.75, 3.05) is 5.32 Å². The SMILES string of the molecule is [C-]#[N+]c1ccc2c(-c3nc(N[C@H]4CC[C@H](N)C4)ncc3C(F)(F)F)cn(C(=O)OC(C)(C)C)c2n1. The molecule has 0 aliphatic heterocycles. The predicted octanol–water partition coefficient (Wildman–Crippen LogP) is 5.14. The molecule has 3 aromatic rings. The molecular formula is C23H24F3N7O2. The van der Waals surface area contributed by atoms with Crippen LogP contribution in [0.4, 0.5) is 29.7 Å². The molecule has 2 atom stereocenters. The van der Waals surface area contributed by atoms with Crippen molar-refractivity contribution in [3.8, 4) is 11.3 Å². The monoisotopic (exact) mass is 487 g/mol. The van der Waals surface area contributed by atoms with E-state index < -0.39 is 29.1 Å². The molecule has 12 heteroatoms. The third-order valence-corrected chi connectivity index (χ3v) is 5.50. The van der Waals surface area contributed by atoms with Crippen LogP contribution < -0.4 is 11.1 Å². The van der Waals surface area contributed by atoms with Gasteiger partial charge in [-0.05, 0) is 46.1 Å². The van der Waals surface area contributed by atoms with E-state index in [0.29, 0.717) is 6.42 Å². The number of ether oxygens (including phenoxy) is 1. The number of anilines is 1. The minimum absolute atomic E-state index is 0.00855. The lowest BCUT2D eigenvalue weighted by Gasteiger charge is -2.19. The number of carbonyl (C=O) groups excluding carboxylic acids is 1. The van der Waals surface area contributed by atoms with Crippen molar-refractivity contribution in [1.82, 2.24) is 19.5 Å². The van der Waals surface area contributed by atoms with E-state index in [1.54, 1.807) is 20.8 Å². The lowest BCUT2D eigenvalue weighted by molar-refractivity contribution is -0.137. The Balaban J connectivity index is 1.89. The number of hydrogen-bond donors (Lipinski definition) is 2. The molecule has 3 N–H and O–H groups in total. The zero-order valence-electron chi connectivity index (χ0n) is 19.3. The van der Waals surface area contributed by atoms with Gasteiger partial charge >= 0.3 is 12.3 Å². The summed E-state index contributed by atoms with van der Waals surface area (Å²) in [6.07, 6.45) is -1.48. The lowest BCUT2D eigenvalue weighted by Crippen LogP contribution is -2.26. The van der Waals surface area contributed by atoms with E-state index >= 15 is 0 Å². The molecule has 9 nitrogen and oxygen atoms in total. The van der Waals surface area contributed by atoms with Crippen LogP contribution in [0.3, 0.4) is 0 Å². The summed E-state index contributed by atoms with van der Waals surface area (Å²) in [6, 6.07) is 2.76. The normalized spacial score (nSPS) is 18.5. The van der Waals surface area contributed by atoms with Crippen LogP contribution in [-0.2, 0) is 10.9 Å². The van der Waals surface area contributed by atoms with Gasteiger partial charge in [-0.1, -0.05) is 12.6 Å². The van der Waals surface area contributed by atoms with Crippen LogP contribution in [0.5, 0.6) is 0 Å². The van der Waals surface area contributed by atoms with Gasteiger partial charge in [0.15, 0.2) is 0 Å². The predicted molar refractivity (Wildman–Crippen MR) is 123 cm³/mol. The number of hydrogen-bond acceptors (Lipinski definition) is 7. The van der Waals surface area contributed by atoms with Gasteiger partial charge in [0.1, 0.15) is 11.2 Å². The maximum atomic E-state index is 14.0. The molecule has 0 unspecified atom stereocenters. The van der Waals surface area contributed by atoms with Crippen molar-refractivity contribution < 1.29 is 22.7 Å². The van der Waals surface area contributed by atoms with E-state index in [4.69, 9.17) is 17.0 Å². The smallest absolute Gasteiger partial charge is 0.421 e. The summed E-state index contributed by atoms with van der Waals surface area (Å²) in [6.45, 7) is 12.2. The molecule has 3 heterocycles. The molecule has 0 amide bonds. The van der Waals surface area contributed by atoms with Crippen molar-refractivity contribution in [1.29, 1.82) is 0 Å². The lowest BCUT2D eigenvalue weighted by atomic mass is 10.1. The zero-order valence-corrected chi connectivity index (χ0v) is 19.3. The van der Waals surface area contributed by atoms with Crippen LogP contribution in [-0.4, -0.2) is 43.3 Å². The van der Waals surface area contributed by atoms with Gasteiger partial charge in [0.25, 0.3) is 5.82 Å². The van der Waals surface area contributed by atoms with Gasteiger partial charge in [-0.2, -0.15) is 13.2 Å². The largest absolute Gasteiger partial charge is 0.443 e. The average molecular weight is 487 g/mol. The molecule has 0 saturated heterocycles. The topological polar surface area (TPSA) is 112 Å². The first-order chi connectivity index (χ1) is 16.4. The Morgan fingerprint density at radius 1 is 1.26 bits per heavy atom. The summed E-state index contributed by atoms with van der Waals surface area (Å²) in [5.41, 5.74) is 3.59. The summed E-state index contributed by atoms with van der Waals surface area (Å²) < 4.78 is 48.3. The van der Waals surface area contributed by atoms with E-state index in [2.05, 4.69) is 25.1 Å². The Labute approximate surface area is 199 Å². The fourth-order valence-electron chi connectivity index (χ4n) is 3.99. The highest BCUT2D eigenvalue weighted by Crippen LogP contribution is 2.40. The first kappa shape index (κ1) is 24.4. The standard InChI is InChI=1S/C23H24F3N7O2/c1-22(2,3)35-21(34)33-11-15(14-7-8-17(28-4)31-19(14)33)18-16(23(24,25)26)10-29-20(32-18)30-13-6-5-12(27)9-13/h7-8,10-13H,5-6,9,27H2,1-3H3,(H,29,30,32)/t12-,13-/m0/s1. The van der Waals surface area contributed by atoms with Gasteiger partial charge in [-0.15, -0.1) is 4.98 Å². The third-order valence-electron chi connectivity index (χ3n) is 5.50. The maximum Gasteiger partial charge on any atom is 0.421 e. The van der Waals surface area contributed by atoms with Gasteiger partial charge in [-0.3, -0.25) is 0 Å². The number of nitrogens with one attached hydrogen (secondary N) is 1. The van der Waals surface area contributed by atoms with Crippen molar-refractivity contribution in [2.24, 2.45) is 5.73 Å². The molecule has 35 heavy (non-hydrogen) atoms. The van der Waals surface area contributed by atoms with Crippen LogP contribution in [0.1, 0.15) is 45.6 Å². The quantitative estimate of drug-likeness (QED) is 0.492. The van der Waals surface area contributed by atoms with Crippen molar-refractivity contribution >= 4 is 28.9 Å². The summed E-state index contributed by atoms with van der Waals surface area (Å²) in [7, 11) is 0. The number of halogens is 3. The molecule has 1 aliphatic rings. The molecule has 0 bridgehead atoms. The highest BCUT2D eigenvalue weighted by atomic mass is 19.4. The van der Waals surface area contributed by atoms with Crippen LogP contribution in [0.25, 0.3) is 27.1 Å². The van der Waals surface area contributed by atoms with E-state index in [1.807, 2.05) is 0 Å². The number of aromatic nitrogens is 4. The van der Waals surface area contributed by atoms with Crippen LogP contribution in [0, 0.1) is 6.57 Å². The van der Waals surface area contributed by atoms with Crippen LogP contribution >= 0.6 is 0 Å². The third kappa shape index (κ3) is 5.19. The molecule has 0 radical (unpaired) electrons. The summed E-state index contributed by atoms with van der Waals surface area (Å²) >= 11 is 0. The first-order valence-electron chi connectivity index (χ1n) is 11.0. The Morgan fingerprint density at radius 3 is 2.60 bits per heavy atom. The number of pyridine rings is 1. The minimum atomic E-state index is -4.76. The molecular weight excluding hydrogens is 463 g/mol. The number of fused-ring (bicyclic) bond motifs is 1. The second kappa shape index (κ2) is 8.81. The number of nitrogens with zero attached hydrogens (tertiary/aromatic N) is 5. The van der Waals surface area contributed by atoms with Crippen molar-refractivity contribution in [3.05, 3.63) is 41.5 Å². The molecule has 3 aromatic heterocycles. The minimum Gasteiger partial charge on any atom is -0.443 e. The number of carbonyl (C=O) groups is 1. The van der Waals surface area contributed by atoms with Gasteiger partial charge in [0.2, 0.25) is 11.6 Å². The molecule has 1 fully saturated rings. The fourth-order valence-corrected chi connectivity index (χ4v) is 3.99. The van der Waals surface area contributed by atoms with Gasteiger partial charge in [0, 0.05) is 30.0 Å². The Kier molecular flexibility index (Phi) is 6.14. The second-order valence-corrected chi connectivity index (χ2v) is 9.41. The van der Waals surface area contributed by atoms with E-state index in [1.165, 1.54) is 18.3 Å². The highest BCUT2D eigenvalue weighted by Gasteiger charge is 2.37. The summed E-state index contributed by atoms with van der Waals surface area (Å²) in [5, 5.41) is 3.27. The fraction of sp³-hybridized carbons (Fsp3) is 0.435. The zero-order chi connectivity index (χ0) is 25.5. The van der Waals surface area contributed by atoms with Gasteiger partial charge in [0.05, 0.1) is 11.1 Å². The Bertz CT molecular complexity index is 1320. The molecule has 0 spiro atoms. The maximum absolute atomic E-state index is 14.0. The van der Waals surface area contributed by atoms with Gasteiger partial charge < -0.3 is 20.6 Å². The van der Waals surface area contributed by atoms with Crippen molar-refractivity contribution in [3.63, 3.8) is 0 Å². The van der Waals surface area contributed by atoms with E-state index in [-0.39, 0.29) is 40.4 Å².